The van der Waals surface area contributed by atoms with E-state index in [0.29, 0.717) is 24.1 Å². The van der Waals surface area contributed by atoms with E-state index in [1.165, 1.54) is 31.5 Å². The Morgan fingerprint density at radius 2 is 2.20 bits per heavy atom. The molecule has 0 amide bonds. The lowest BCUT2D eigenvalue weighted by molar-refractivity contribution is 0.156. The SMILES string of the molecule is CCN1CCCC(C(C)NCc2ccc(F)cc2F)C1. The molecular weight excluding hydrogens is 258 g/mol. The Balaban J connectivity index is 1.86. The summed E-state index contributed by atoms with van der Waals surface area (Å²) in [6.45, 7) is 8.19. The molecule has 4 heteroatoms. The van der Waals surface area contributed by atoms with Gasteiger partial charge < -0.3 is 10.2 Å². The zero-order chi connectivity index (χ0) is 14.5. The Hall–Kier alpha value is -1.00. The van der Waals surface area contributed by atoms with E-state index in [1.54, 1.807) is 0 Å². The summed E-state index contributed by atoms with van der Waals surface area (Å²) >= 11 is 0. The first-order valence-corrected chi connectivity index (χ1v) is 7.49. The smallest absolute Gasteiger partial charge is 0.130 e. The summed E-state index contributed by atoms with van der Waals surface area (Å²) in [6.07, 6.45) is 2.45. The maximum absolute atomic E-state index is 13.6. The van der Waals surface area contributed by atoms with E-state index in [9.17, 15) is 8.78 Å². The standard InChI is InChI=1S/C16H24F2N2/c1-3-20-8-4-5-14(11-20)12(2)19-10-13-6-7-15(17)9-16(13)18/h6-7,9,12,14,19H,3-5,8,10-11H2,1-2H3. The molecule has 1 fully saturated rings. The normalized spacial score (nSPS) is 21.9. The van der Waals surface area contributed by atoms with Crippen LogP contribution in [0.2, 0.25) is 0 Å². The molecule has 2 atom stereocenters. The highest BCUT2D eigenvalue weighted by Crippen LogP contribution is 2.20. The molecule has 1 aromatic rings. The topological polar surface area (TPSA) is 15.3 Å². The van der Waals surface area contributed by atoms with Gasteiger partial charge in [0.25, 0.3) is 0 Å². The first-order valence-electron chi connectivity index (χ1n) is 7.49. The van der Waals surface area contributed by atoms with Crippen molar-refractivity contribution >= 4 is 0 Å². The predicted molar refractivity (Wildman–Crippen MR) is 77.5 cm³/mol. The van der Waals surface area contributed by atoms with Gasteiger partial charge in [-0.1, -0.05) is 13.0 Å². The summed E-state index contributed by atoms with van der Waals surface area (Å²) in [5.41, 5.74) is 0.529. The fourth-order valence-electron chi connectivity index (χ4n) is 2.89. The summed E-state index contributed by atoms with van der Waals surface area (Å²) in [4.78, 5) is 2.46. The van der Waals surface area contributed by atoms with Crippen LogP contribution in [0.4, 0.5) is 8.78 Å². The van der Waals surface area contributed by atoms with Crippen molar-refractivity contribution in [3.63, 3.8) is 0 Å². The third kappa shape index (κ3) is 4.00. The fourth-order valence-corrected chi connectivity index (χ4v) is 2.89. The number of piperidine rings is 1. The van der Waals surface area contributed by atoms with Gasteiger partial charge in [-0.25, -0.2) is 8.78 Å². The zero-order valence-corrected chi connectivity index (χ0v) is 12.3. The molecule has 0 bridgehead atoms. The molecule has 2 rings (SSSR count). The Morgan fingerprint density at radius 3 is 2.90 bits per heavy atom. The number of rotatable bonds is 5. The Bertz CT molecular complexity index is 436. The van der Waals surface area contributed by atoms with Crippen LogP contribution in [-0.2, 0) is 6.54 Å². The summed E-state index contributed by atoms with van der Waals surface area (Å²) in [6, 6.07) is 4.11. The Morgan fingerprint density at radius 1 is 1.40 bits per heavy atom. The van der Waals surface area contributed by atoms with Crippen LogP contribution in [0.3, 0.4) is 0 Å². The number of hydrogen-bond donors (Lipinski definition) is 1. The molecule has 0 saturated carbocycles. The summed E-state index contributed by atoms with van der Waals surface area (Å²) in [7, 11) is 0. The maximum atomic E-state index is 13.6. The largest absolute Gasteiger partial charge is 0.310 e. The lowest BCUT2D eigenvalue weighted by atomic mass is 9.91. The van der Waals surface area contributed by atoms with E-state index in [4.69, 9.17) is 0 Å². The maximum Gasteiger partial charge on any atom is 0.130 e. The van der Waals surface area contributed by atoms with Crippen LogP contribution in [0.25, 0.3) is 0 Å². The number of hydrogen-bond acceptors (Lipinski definition) is 2. The molecule has 112 valence electrons. The predicted octanol–water partition coefficient (Wildman–Crippen LogP) is 3.17. The molecule has 0 aliphatic carbocycles. The third-order valence-electron chi connectivity index (χ3n) is 4.33. The van der Waals surface area contributed by atoms with Crippen molar-refractivity contribution in [1.29, 1.82) is 0 Å². The van der Waals surface area contributed by atoms with Gasteiger partial charge in [-0.05, 0) is 44.8 Å². The highest BCUT2D eigenvalue weighted by molar-refractivity contribution is 5.18. The minimum Gasteiger partial charge on any atom is -0.310 e. The Labute approximate surface area is 120 Å². The van der Waals surface area contributed by atoms with E-state index in [0.717, 1.165) is 19.2 Å². The first kappa shape index (κ1) is 15.4. The van der Waals surface area contributed by atoms with Crippen LogP contribution in [-0.4, -0.2) is 30.6 Å². The highest BCUT2D eigenvalue weighted by atomic mass is 19.1. The van der Waals surface area contributed by atoms with Gasteiger partial charge in [-0.15, -0.1) is 0 Å². The minimum absolute atomic E-state index is 0.341. The number of nitrogens with one attached hydrogen (secondary N) is 1. The van der Waals surface area contributed by atoms with Crippen LogP contribution in [0.1, 0.15) is 32.3 Å². The van der Waals surface area contributed by atoms with E-state index >= 15 is 0 Å². The average molecular weight is 282 g/mol. The lowest BCUT2D eigenvalue weighted by Crippen LogP contribution is -2.44. The average Bonchev–Trinajstić information content (AvgIpc) is 2.46. The van der Waals surface area contributed by atoms with Gasteiger partial charge in [0.15, 0.2) is 0 Å². The van der Waals surface area contributed by atoms with Gasteiger partial charge in [0.05, 0.1) is 0 Å². The van der Waals surface area contributed by atoms with Crippen molar-refractivity contribution in [2.75, 3.05) is 19.6 Å². The quantitative estimate of drug-likeness (QED) is 0.892. The fraction of sp³-hybridized carbons (Fsp3) is 0.625. The molecule has 2 nitrogen and oxygen atoms in total. The second-order valence-electron chi connectivity index (χ2n) is 5.70. The zero-order valence-electron chi connectivity index (χ0n) is 12.3. The summed E-state index contributed by atoms with van der Waals surface area (Å²) in [5.74, 6) is -0.388. The lowest BCUT2D eigenvalue weighted by Gasteiger charge is -2.35. The molecule has 0 radical (unpaired) electrons. The van der Waals surface area contributed by atoms with Gasteiger partial charge in [0, 0.05) is 30.8 Å². The molecule has 0 spiro atoms. The third-order valence-corrected chi connectivity index (χ3v) is 4.33. The van der Waals surface area contributed by atoms with Gasteiger partial charge >= 0.3 is 0 Å². The molecular formula is C16H24F2N2. The Kier molecular flexibility index (Phi) is 5.49. The molecule has 1 heterocycles. The van der Waals surface area contributed by atoms with E-state index in [1.807, 2.05) is 0 Å². The monoisotopic (exact) mass is 282 g/mol. The van der Waals surface area contributed by atoms with Crippen molar-refractivity contribution < 1.29 is 8.78 Å². The van der Waals surface area contributed by atoms with Crippen LogP contribution in [0, 0.1) is 17.6 Å². The van der Waals surface area contributed by atoms with E-state index in [2.05, 4.69) is 24.1 Å². The molecule has 2 unspecified atom stereocenters. The van der Waals surface area contributed by atoms with Crippen molar-refractivity contribution in [3.05, 3.63) is 35.4 Å². The van der Waals surface area contributed by atoms with Crippen molar-refractivity contribution in [2.24, 2.45) is 5.92 Å². The first-order chi connectivity index (χ1) is 9.60. The van der Waals surface area contributed by atoms with E-state index in [-0.39, 0.29) is 0 Å². The van der Waals surface area contributed by atoms with Gasteiger partial charge in [-0.3, -0.25) is 0 Å². The second kappa shape index (κ2) is 7.14. The molecule has 0 aromatic heterocycles. The molecule has 1 saturated heterocycles. The number of likely N-dealkylation sites (tertiary alicyclic amines) is 1. The second-order valence-corrected chi connectivity index (χ2v) is 5.70. The van der Waals surface area contributed by atoms with Crippen LogP contribution < -0.4 is 5.32 Å². The minimum atomic E-state index is -0.523. The summed E-state index contributed by atoms with van der Waals surface area (Å²) < 4.78 is 26.4. The number of benzene rings is 1. The van der Waals surface area contributed by atoms with Crippen molar-refractivity contribution in [1.82, 2.24) is 10.2 Å². The van der Waals surface area contributed by atoms with Crippen LogP contribution >= 0.6 is 0 Å². The van der Waals surface area contributed by atoms with Gasteiger partial charge in [-0.2, -0.15) is 0 Å². The molecule has 1 aliphatic rings. The van der Waals surface area contributed by atoms with Crippen LogP contribution in [0.5, 0.6) is 0 Å². The van der Waals surface area contributed by atoms with Crippen molar-refractivity contribution in [2.45, 2.75) is 39.3 Å². The molecule has 1 N–H and O–H groups in total. The van der Waals surface area contributed by atoms with Crippen LogP contribution in [0.15, 0.2) is 18.2 Å². The highest BCUT2D eigenvalue weighted by Gasteiger charge is 2.23. The number of halogens is 2. The number of nitrogens with zero attached hydrogens (tertiary/aromatic N) is 1. The van der Waals surface area contributed by atoms with E-state index < -0.39 is 11.6 Å². The molecule has 20 heavy (non-hydrogen) atoms. The van der Waals surface area contributed by atoms with Crippen molar-refractivity contribution in [3.8, 4) is 0 Å². The summed E-state index contributed by atoms with van der Waals surface area (Å²) in [5, 5.41) is 3.38. The van der Waals surface area contributed by atoms with Gasteiger partial charge in [0.2, 0.25) is 0 Å². The molecule has 1 aliphatic heterocycles. The van der Waals surface area contributed by atoms with Gasteiger partial charge in [0.1, 0.15) is 11.6 Å². The molecule has 1 aromatic carbocycles.